The first-order chi connectivity index (χ1) is 19.9. The summed E-state index contributed by atoms with van der Waals surface area (Å²) in [4.78, 5) is 15.3. The van der Waals surface area contributed by atoms with Gasteiger partial charge in [0, 0.05) is 27.7 Å². The van der Waals surface area contributed by atoms with Gasteiger partial charge in [-0.3, -0.25) is 4.79 Å². The molecular weight excluding hydrogens is 555 g/mol. The van der Waals surface area contributed by atoms with Crippen molar-refractivity contribution in [1.29, 1.82) is 0 Å². The summed E-state index contributed by atoms with van der Waals surface area (Å²) in [6.07, 6.45) is 4.33. The van der Waals surface area contributed by atoms with E-state index in [4.69, 9.17) is 33.0 Å². The molecule has 0 saturated carbocycles. The second-order valence-corrected chi connectivity index (χ2v) is 11.2. The van der Waals surface area contributed by atoms with Gasteiger partial charge in [-0.2, -0.15) is 5.10 Å². The molecule has 0 aliphatic rings. The molecule has 1 atom stereocenters. The van der Waals surface area contributed by atoms with Crippen molar-refractivity contribution in [3.8, 4) is 22.8 Å². The lowest BCUT2D eigenvalue weighted by Gasteiger charge is -2.22. The molecule has 0 fully saturated rings. The number of carbonyl (C=O) groups is 1. The number of nitrogens with one attached hydrogen (secondary N) is 1. The maximum absolute atomic E-state index is 12.9. The molecule has 1 amide bonds. The number of benzene rings is 3. The van der Waals surface area contributed by atoms with Crippen molar-refractivity contribution in [1.82, 2.24) is 20.0 Å². The number of rotatable bonds is 15. The van der Waals surface area contributed by atoms with Crippen molar-refractivity contribution in [2.24, 2.45) is 0 Å². The first-order valence-corrected chi connectivity index (χ1v) is 15.4. The zero-order valence-corrected chi connectivity index (χ0v) is 25.7. The molecule has 0 aliphatic carbocycles. The number of nitrogens with zero attached hydrogens (tertiary/aromatic N) is 3. The predicted molar refractivity (Wildman–Crippen MR) is 170 cm³/mol. The summed E-state index contributed by atoms with van der Waals surface area (Å²) in [6.45, 7) is 9.94. The van der Waals surface area contributed by atoms with Crippen LogP contribution in [-0.4, -0.2) is 52.9 Å². The summed E-state index contributed by atoms with van der Waals surface area (Å²) in [5.41, 5.74) is 2.33. The molecule has 41 heavy (non-hydrogen) atoms. The molecule has 218 valence electrons. The van der Waals surface area contributed by atoms with Gasteiger partial charge in [0.1, 0.15) is 0 Å². The van der Waals surface area contributed by atoms with Crippen molar-refractivity contribution < 1.29 is 9.53 Å². The standard InChI is InChI=1S/C33H40Cl2N4O2/c1-4-10-29(13-9-17-38(5-2)6-3)36-32(40)16-18-41-33-23-31(26-19-27(34)22-28(35)20-26)37-39(33)30-15-14-24-11-7-8-12-25(24)21-30/h7-8,11-12,14-15,19-23,29H,4-6,9-10,13,16-18H2,1-3H3,(H,36,40). The average Bonchev–Trinajstić information content (AvgIpc) is 3.39. The van der Waals surface area contributed by atoms with Gasteiger partial charge in [0.05, 0.1) is 24.4 Å². The van der Waals surface area contributed by atoms with E-state index in [0.717, 1.165) is 67.3 Å². The van der Waals surface area contributed by atoms with Crippen molar-refractivity contribution in [2.45, 2.75) is 58.9 Å². The molecule has 6 nitrogen and oxygen atoms in total. The molecule has 8 heteroatoms. The molecule has 1 aromatic heterocycles. The molecule has 1 N–H and O–H groups in total. The highest BCUT2D eigenvalue weighted by Crippen LogP contribution is 2.31. The second-order valence-electron chi connectivity index (χ2n) is 10.3. The normalized spacial score (nSPS) is 12.1. The van der Waals surface area contributed by atoms with Gasteiger partial charge in [-0.25, -0.2) is 4.68 Å². The van der Waals surface area contributed by atoms with Crippen LogP contribution in [0.2, 0.25) is 10.0 Å². The van der Waals surface area contributed by atoms with E-state index >= 15 is 0 Å². The number of fused-ring (bicyclic) bond motifs is 1. The zero-order chi connectivity index (χ0) is 29.2. The quantitative estimate of drug-likeness (QED) is 0.151. The van der Waals surface area contributed by atoms with Crippen molar-refractivity contribution >= 4 is 39.9 Å². The third-order valence-corrected chi connectivity index (χ3v) is 7.75. The number of carbonyl (C=O) groups excluding carboxylic acids is 1. The number of amides is 1. The average molecular weight is 596 g/mol. The fraction of sp³-hybridized carbons (Fsp3) is 0.394. The number of hydrogen-bond acceptors (Lipinski definition) is 4. The largest absolute Gasteiger partial charge is 0.477 e. The van der Waals surface area contributed by atoms with Gasteiger partial charge in [0.15, 0.2) is 0 Å². The predicted octanol–water partition coefficient (Wildman–Crippen LogP) is 8.18. The number of ether oxygens (including phenoxy) is 1. The summed E-state index contributed by atoms with van der Waals surface area (Å²) in [7, 11) is 0. The first kappa shape index (κ1) is 30.9. The highest BCUT2D eigenvalue weighted by Gasteiger charge is 2.16. The van der Waals surface area contributed by atoms with Crippen LogP contribution in [0.3, 0.4) is 0 Å². The lowest BCUT2D eigenvalue weighted by molar-refractivity contribution is -0.122. The van der Waals surface area contributed by atoms with E-state index in [1.807, 2.05) is 36.4 Å². The fourth-order valence-electron chi connectivity index (χ4n) is 5.09. The third kappa shape index (κ3) is 8.71. The van der Waals surface area contributed by atoms with E-state index in [2.05, 4.69) is 55.3 Å². The minimum absolute atomic E-state index is 0.00454. The Kier molecular flexibility index (Phi) is 11.5. The van der Waals surface area contributed by atoms with Gasteiger partial charge in [-0.1, -0.05) is 80.7 Å². The molecule has 4 aromatic rings. The van der Waals surface area contributed by atoms with Crippen LogP contribution >= 0.6 is 23.2 Å². The lowest BCUT2D eigenvalue weighted by Crippen LogP contribution is -2.36. The van der Waals surface area contributed by atoms with E-state index in [0.29, 0.717) is 21.6 Å². The maximum atomic E-state index is 12.9. The Morgan fingerprint density at radius 2 is 1.68 bits per heavy atom. The van der Waals surface area contributed by atoms with Crippen molar-refractivity contribution in [2.75, 3.05) is 26.2 Å². The highest BCUT2D eigenvalue weighted by molar-refractivity contribution is 6.35. The van der Waals surface area contributed by atoms with Gasteiger partial charge in [0.25, 0.3) is 0 Å². The summed E-state index contributed by atoms with van der Waals surface area (Å²) >= 11 is 12.6. The topological polar surface area (TPSA) is 59.4 Å². The van der Waals surface area contributed by atoms with Crippen LogP contribution in [0, 0.1) is 0 Å². The molecule has 4 rings (SSSR count). The Hall–Kier alpha value is -3.06. The molecular formula is C33H40Cl2N4O2. The summed E-state index contributed by atoms with van der Waals surface area (Å²) in [6, 6.07) is 21.7. The van der Waals surface area contributed by atoms with Gasteiger partial charge in [0.2, 0.25) is 11.8 Å². The SMILES string of the molecule is CCCC(CCCN(CC)CC)NC(=O)CCOc1cc(-c2cc(Cl)cc(Cl)c2)nn1-c1ccc2ccccc2c1. The van der Waals surface area contributed by atoms with Gasteiger partial charge < -0.3 is 15.0 Å². The Morgan fingerprint density at radius 1 is 0.951 bits per heavy atom. The number of hydrogen-bond donors (Lipinski definition) is 1. The van der Waals surface area contributed by atoms with Crippen LogP contribution < -0.4 is 10.1 Å². The first-order valence-electron chi connectivity index (χ1n) is 14.6. The number of aromatic nitrogens is 2. The van der Waals surface area contributed by atoms with Gasteiger partial charge in [-0.05, 0) is 80.0 Å². The molecule has 0 aliphatic heterocycles. The van der Waals surface area contributed by atoms with Crippen LogP contribution in [0.15, 0.2) is 66.7 Å². The molecule has 1 unspecified atom stereocenters. The van der Waals surface area contributed by atoms with Crippen LogP contribution in [0.4, 0.5) is 0 Å². The van der Waals surface area contributed by atoms with E-state index in [-0.39, 0.29) is 25.0 Å². The van der Waals surface area contributed by atoms with E-state index in [1.165, 1.54) is 0 Å². The van der Waals surface area contributed by atoms with Crippen molar-refractivity contribution in [3.63, 3.8) is 0 Å². The van der Waals surface area contributed by atoms with E-state index < -0.39 is 0 Å². The van der Waals surface area contributed by atoms with Crippen LogP contribution in [0.1, 0.15) is 52.9 Å². The Labute approximate surface area is 253 Å². The molecule has 0 bridgehead atoms. The third-order valence-electron chi connectivity index (χ3n) is 7.32. The highest BCUT2D eigenvalue weighted by atomic mass is 35.5. The molecule has 1 heterocycles. The number of halogens is 2. The molecule has 0 radical (unpaired) electrons. The molecule has 0 saturated heterocycles. The summed E-state index contributed by atoms with van der Waals surface area (Å²) in [5.74, 6) is 0.549. The Balaban J connectivity index is 1.47. The van der Waals surface area contributed by atoms with E-state index in [1.54, 1.807) is 10.7 Å². The smallest absolute Gasteiger partial charge is 0.223 e. The van der Waals surface area contributed by atoms with Gasteiger partial charge in [-0.15, -0.1) is 0 Å². The zero-order valence-electron chi connectivity index (χ0n) is 24.2. The second kappa shape index (κ2) is 15.2. The fourth-order valence-corrected chi connectivity index (χ4v) is 5.62. The van der Waals surface area contributed by atoms with E-state index in [9.17, 15) is 4.79 Å². The minimum Gasteiger partial charge on any atom is -0.477 e. The van der Waals surface area contributed by atoms with Crippen LogP contribution in [0.25, 0.3) is 27.7 Å². The molecule has 0 spiro atoms. The monoisotopic (exact) mass is 594 g/mol. The minimum atomic E-state index is 0.00454. The Morgan fingerprint density at radius 3 is 2.39 bits per heavy atom. The summed E-state index contributed by atoms with van der Waals surface area (Å²) in [5, 5.41) is 11.4. The lowest BCUT2D eigenvalue weighted by atomic mass is 10.1. The van der Waals surface area contributed by atoms with Crippen LogP contribution in [-0.2, 0) is 4.79 Å². The van der Waals surface area contributed by atoms with Crippen molar-refractivity contribution in [3.05, 3.63) is 76.8 Å². The molecule has 3 aromatic carbocycles. The Bertz CT molecular complexity index is 1410. The summed E-state index contributed by atoms with van der Waals surface area (Å²) < 4.78 is 7.95. The maximum Gasteiger partial charge on any atom is 0.223 e. The van der Waals surface area contributed by atoms with Gasteiger partial charge >= 0.3 is 0 Å². The van der Waals surface area contributed by atoms with Crippen LogP contribution in [0.5, 0.6) is 5.88 Å².